The van der Waals surface area contributed by atoms with E-state index in [1.165, 1.54) is 18.7 Å². The highest BCUT2D eigenvalue weighted by atomic mass is 35.5. The third kappa shape index (κ3) is 2.71. The summed E-state index contributed by atoms with van der Waals surface area (Å²) in [6.07, 6.45) is 3.67. The van der Waals surface area contributed by atoms with Gasteiger partial charge >= 0.3 is 0 Å². The SMILES string of the molecule is CC1CCC(C)N(c2ncc(F)cc2CCl)C1. The molecule has 0 aliphatic carbocycles. The Morgan fingerprint density at radius 3 is 2.94 bits per heavy atom. The number of nitrogens with zero attached hydrogens (tertiary/aromatic N) is 2. The van der Waals surface area contributed by atoms with Crippen LogP contribution in [-0.2, 0) is 5.88 Å². The molecule has 1 aliphatic heterocycles. The molecular formula is C13H18ClFN2. The summed E-state index contributed by atoms with van der Waals surface area (Å²) in [6, 6.07) is 1.94. The summed E-state index contributed by atoms with van der Waals surface area (Å²) >= 11 is 5.87. The van der Waals surface area contributed by atoms with Gasteiger partial charge in [-0.25, -0.2) is 9.37 Å². The van der Waals surface area contributed by atoms with Gasteiger partial charge < -0.3 is 4.90 Å². The zero-order chi connectivity index (χ0) is 12.4. The van der Waals surface area contributed by atoms with Crippen LogP contribution in [0.15, 0.2) is 12.3 Å². The molecule has 1 aliphatic rings. The first-order chi connectivity index (χ1) is 8.11. The molecule has 2 rings (SSSR count). The molecule has 2 nitrogen and oxygen atoms in total. The minimum Gasteiger partial charge on any atom is -0.353 e. The standard InChI is InChI=1S/C13H18ClFN2/c1-9-3-4-10(2)17(8-9)13-11(6-14)5-12(15)7-16-13/h5,7,9-10H,3-4,6,8H2,1-2H3. The van der Waals surface area contributed by atoms with Crippen LogP contribution in [0.4, 0.5) is 10.2 Å². The Kier molecular flexibility index (Phi) is 3.87. The number of hydrogen-bond donors (Lipinski definition) is 0. The van der Waals surface area contributed by atoms with E-state index >= 15 is 0 Å². The lowest BCUT2D eigenvalue weighted by molar-refractivity contribution is 0.387. The van der Waals surface area contributed by atoms with Crippen molar-refractivity contribution in [3.8, 4) is 0 Å². The summed E-state index contributed by atoms with van der Waals surface area (Å²) in [7, 11) is 0. The van der Waals surface area contributed by atoms with Gasteiger partial charge in [-0.3, -0.25) is 0 Å². The number of alkyl halides is 1. The Labute approximate surface area is 107 Å². The molecule has 0 spiro atoms. The fraction of sp³-hybridized carbons (Fsp3) is 0.615. The van der Waals surface area contributed by atoms with Crippen molar-refractivity contribution >= 4 is 17.4 Å². The number of rotatable bonds is 2. The van der Waals surface area contributed by atoms with Gasteiger partial charge in [-0.2, -0.15) is 0 Å². The fourth-order valence-corrected chi connectivity index (χ4v) is 2.61. The molecule has 1 saturated heterocycles. The second kappa shape index (κ2) is 5.21. The molecule has 2 heterocycles. The summed E-state index contributed by atoms with van der Waals surface area (Å²) in [6.45, 7) is 5.40. The molecule has 17 heavy (non-hydrogen) atoms. The van der Waals surface area contributed by atoms with E-state index in [4.69, 9.17) is 11.6 Å². The van der Waals surface area contributed by atoms with Crippen LogP contribution in [0.1, 0.15) is 32.3 Å². The van der Waals surface area contributed by atoms with Gasteiger partial charge in [-0.1, -0.05) is 6.92 Å². The topological polar surface area (TPSA) is 16.1 Å². The first-order valence-electron chi connectivity index (χ1n) is 6.09. The highest BCUT2D eigenvalue weighted by Gasteiger charge is 2.25. The summed E-state index contributed by atoms with van der Waals surface area (Å²) in [5.41, 5.74) is 0.785. The van der Waals surface area contributed by atoms with Crippen LogP contribution < -0.4 is 4.90 Å². The van der Waals surface area contributed by atoms with Gasteiger partial charge in [0.05, 0.1) is 12.1 Å². The predicted octanol–water partition coefficient (Wildman–Crippen LogP) is 3.58. The van der Waals surface area contributed by atoms with Gasteiger partial charge in [0.15, 0.2) is 0 Å². The van der Waals surface area contributed by atoms with Gasteiger partial charge in [0.2, 0.25) is 0 Å². The molecule has 0 bridgehead atoms. The van der Waals surface area contributed by atoms with E-state index in [9.17, 15) is 4.39 Å². The summed E-state index contributed by atoms with van der Waals surface area (Å²) < 4.78 is 13.1. The van der Waals surface area contributed by atoms with Crippen molar-refractivity contribution in [3.05, 3.63) is 23.6 Å². The Hall–Kier alpha value is -0.830. The number of piperidine rings is 1. The zero-order valence-electron chi connectivity index (χ0n) is 10.3. The van der Waals surface area contributed by atoms with Crippen molar-refractivity contribution in [2.75, 3.05) is 11.4 Å². The van der Waals surface area contributed by atoms with Crippen LogP contribution >= 0.6 is 11.6 Å². The van der Waals surface area contributed by atoms with Crippen LogP contribution in [0, 0.1) is 11.7 Å². The Bertz CT molecular complexity index is 397. The molecule has 1 aromatic heterocycles. The van der Waals surface area contributed by atoms with Crippen molar-refractivity contribution in [3.63, 3.8) is 0 Å². The van der Waals surface area contributed by atoms with E-state index < -0.39 is 0 Å². The lowest BCUT2D eigenvalue weighted by atomic mass is 9.95. The van der Waals surface area contributed by atoms with Crippen molar-refractivity contribution in [2.45, 2.75) is 38.6 Å². The maximum atomic E-state index is 13.1. The molecule has 0 amide bonds. The molecule has 1 aromatic rings. The smallest absolute Gasteiger partial charge is 0.141 e. The molecule has 0 saturated carbocycles. The molecule has 1 fully saturated rings. The largest absolute Gasteiger partial charge is 0.353 e. The maximum Gasteiger partial charge on any atom is 0.141 e. The molecule has 0 N–H and O–H groups in total. The average molecular weight is 257 g/mol. The average Bonchev–Trinajstić information content (AvgIpc) is 2.32. The maximum absolute atomic E-state index is 13.1. The van der Waals surface area contributed by atoms with E-state index in [1.807, 2.05) is 0 Å². The highest BCUT2D eigenvalue weighted by molar-refractivity contribution is 6.17. The Balaban J connectivity index is 2.31. The van der Waals surface area contributed by atoms with E-state index in [0.29, 0.717) is 17.8 Å². The Morgan fingerprint density at radius 2 is 2.24 bits per heavy atom. The van der Waals surface area contributed by atoms with Gasteiger partial charge in [0.25, 0.3) is 0 Å². The number of pyridine rings is 1. The van der Waals surface area contributed by atoms with Gasteiger partial charge in [-0.05, 0) is 31.7 Å². The van der Waals surface area contributed by atoms with E-state index in [-0.39, 0.29) is 5.82 Å². The normalized spacial score (nSPS) is 25.1. The lowest BCUT2D eigenvalue weighted by Crippen LogP contribution is -2.42. The number of aromatic nitrogens is 1. The van der Waals surface area contributed by atoms with Gasteiger partial charge in [0, 0.05) is 18.2 Å². The van der Waals surface area contributed by atoms with E-state index in [0.717, 1.165) is 24.3 Å². The molecule has 2 unspecified atom stereocenters. The molecule has 0 aromatic carbocycles. The fourth-order valence-electron chi connectivity index (χ4n) is 2.41. The first-order valence-corrected chi connectivity index (χ1v) is 6.62. The number of halogens is 2. The molecule has 4 heteroatoms. The van der Waals surface area contributed by atoms with Gasteiger partial charge in [0.1, 0.15) is 11.6 Å². The van der Waals surface area contributed by atoms with Crippen molar-refractivity contribution in [1.29, 1.82) is 0 Å². The van der Waals surface area contributed by atoms with Crippen LogP contribution in [0.25, 0.3) is 0 Å². The summed E-state index contributed by atoms with van der Waals surface area (Å²) in [5, 5.41) is 0. The molecule has 0 radical (unpaired) electrons. The Morgan fingerprint density at radius 1 is 1.47 bits per heavy atom. The molecular weight excluding hydrogens is 239 g/mol. The van der Waals surface area contributed by atoms with Crippen molar-refractivity contribution in [1.82, 2.24) is 4.98 Å². The van der Waals surface area contributed by atoms with Crippen LogP contribution in [0.3, 0.4) is 0 Å². The monoisotopic (exact) mass is 256 g/mol. The van der Waals surface area contributed by atoms with E-state index in [2.05, 4.69) is 23.7 Å². The quantitative estimate of drug-likeness (QED) is 0.752. The third-order valence-corrected chi connectivity index (χ3v) is 3.73. The number of hydrogen-bond acceptors (Lipinski definition) is 2. The van der Waals surface area contributed by atoms with Crippen molar-refractivity contribution in [2.24, 2.45) is 5.92 Å². The minimum atomic E-state index is -0.317. The zero-order valence-corrected chi connectivity index (χ0v) is 11.0. The van der Waals surface area contributed by atoms with Crippen molar-refractivity contribution < 1.29 is 4.39 Å². The summed E-state index contributed by atoms with van der Waals surface area (Å²) in [5.74, 6) is 1.49. The second-order valence-electron chi connectivity index (χ2n) is 4.95. The molecule has 94 valence electrons. The third-order valence-electron chi connectivity index (χ3n) is 3.44. The lowest BCUT2D eigenvalue weighted by Gasteiger charge is -2.38. The predicted molar refractivity (Wildman–Crippen MR) is 69.0 cm³/mol. The van der Waals surface area contributed by atoms with Gasteiger partial charge in [-0.15, -0.1) is 11.6 Å². The molecule has 2 atom stereocenters. The second-order valence-corrected chi connectivity index (χ2v) is 5.22. The first kappa shape index (κ1) is 12.6. The van der Waals surface area contributed by atoms with E-state index in [1.54, 1.807) is 0 Å². The minimum absolute atomic E-state index is 0.303. The van der Waals surface area contributed by atoms with Crippen LogP contribution in [0.5, 0.6) is 0 Å². The highest BCUT2D eigenvalue weighted by Crippen LogP contribution is 2.29. The summed E-state index contributed by atoms with van der Waals surface area (Å²) in [4.78, 5) is 6.48. The van der Waals surface area contributed by atoms with Crippen LogP contribution in [0.2, 0.25) is 0 Å². The van der Waals surface area contributed by atoms with Crippen LogP contribution in [-0.4, -0.2) is 17.6 Å². The number of anilines is 1.